The molecule has 6 nitrogen and oxygen atoms in total. The van der Waals surface area contributed by atoms with Crippen LogP contribution in [0, 0.1) is 16.0 Å². The molecule has 1 N–H and O–H groups in total. The third kappa shape index (κ3) is 3.60. The lowest BCUT2D eigenvalue weighted by atomic mass is 10.0. The summed E-state index contributed by atoms with van der Waals surface area (Å²) in [5.74, 6) is 0.947. The lowest BCUT2D eigenvalue weighted by Crippen LogP contribution is -2.33. The Hall–Kier alpha value is -1.82. The molecule has 1 saturated heterocycles. The summed E-state index contributed by atoms with van der Waals surface area (Å²) in [5, 5.41) is 14.5. The third-order valence-electron chi connectivity index (χ3n) is 3.32. The molecule has 0 bridgehead atoms. The highest BCUT2D eigenvalue weighted by molar-refractivity contribution is 5.57. The zero-order valence-corrected chi connectivity index (χ0v) is 11.6. The Bertz CT molecular complexity index is 458. The predicted octanol–water partition coefficient (Wildman–Crippen LogP) is 2.37. The minimum Gasteiger partial charge on any atom is -0.487 e. The van der Waals surface area contributed by atoms with E-state index in [1.165, 1.54) is 0 Å². The molecular weight excluding hydrogens is 260 g/mol. The lowest BCUT2D eigenvalue weighted by Gasteiger charge is -2.22. The first-order chi connectivity index (χ1) is 9.72. The van der Waals surface area contributed by atoms with Crippen molar-refractivity contribution in [2.45, 2.75) is 19.8 Å². The summed E-state index contributed by atoms with van der Waals surface area (Å²) >= 11 is 0. The van der Waals surface area contributed by atoms with Gasteiger partial charge in [0.15, 0.2) is 0 Å². The van der Waals surface area contributed by atoms with Crippen LogP contribution in [0.25, 0.3) is 0 Å². The molecule has 20 heavy (non-hydrogen) atoms. The average Bonchev–Trinajstić information content (AvgIpc) is 2.46. The zero-order chi connectivity index (χ0) is 14.4. The Morgan fingerprint density at radius 1 is 1.40 bits per heavy atom. The molecule has 1 aromatic rings. The topological polar surface area (TPSA) is 73.6 Å². The van der Waals surface area contributed by atoms with E-state index in [2.05, 4.69) is 5.32 Å². The molecule has 1 aliphatic rings. The van der Waals surface area contributed by atoms with E-state index in [-0.39, 0.29) is 17.2 Å². The molecule has 6 heteroatoms. The van der Waals surface area contributed by atoms with E-state index in [9.17, 15) is 10.1 Å². The van der Waals surface area contributed by atoms with E-state index >= 15 is 0 Å². The number of hydrogen-bond donors (Lipinski definition) is 1. The Morgan fingerprint density at radius 2 is 2.15 bits per heavy atom. The highest BCUT2D eigenvalue weighted by atomic mass is 16.6. The number of nitrogens with zero attached hydrogens (tertiary/aromatic N) is 1. The molecule has 0 aromatic heterocycles. The van der Waals surface area contributed by atoms with Crippen LogP contribution in [-0.4, -0.2) is 31.2 Å². The molecule has 1 aromatic carbocycles. The molecule has 1 atom stereocenters. The largest absolute Gasteiger partial charge is 0.487 e. The van der Waals surface area contributed by atoms with Gasteiger partial charge in [0.05, 0.1) is 18.1 Å². The van der Waals surface area contributed by atoms with Crippen molar-refractivity contribution in [1.82, 2.24) is 5.32 Å². The van der Waals surface area contributed by atoms with E-state index in [1.807, 2.05) is 0 Å². The highest BCUT2D eigenvalue weighted by Gasteiger charge is 2.23. The van der Waals surface area contributed by atoms with Crippen LogP contribution in [0.15, 0.2) is 18.2 Å². The molecule has 0 radical (unpaired) electrons. The van der Waals surface area contributed by atoms with Crippen LogP contribution in [0.5, 0.6) is 11.5 Å². The Labute approximate surface area is 118 Å². The van der Waals surface area contributed by atoms with Crippen molar-refractivity contribution in [2.24, 2.45) is 5.92 Å². The van der Waals surface area contributed by atoms with Crippen LogP contribution in [-0.2, 0) is 0 Å². The van der Waals surface area contributed by atoms with Crippen LogP contribution in [0.1, 0.15) is 19.8 Å². The fourth-order valence-corrected chi connectivity index (χ4v) is 2.34. The van der Waals surface area contributed by atoms with Crippen molar-refractivity contribution in [3.63, 3.8) is 0 Å². The van der Waals surface area contributed by atoms with E-state index in [0.29, 0.717) is 19.1 Å². The Morgan fingerprint density at radius 3 is 2.75 bits per heavy atom. The number of benzene rings is 1. The molecule has 0 amide bonds. The summed E-state index contributed by atoms with van der Waals surface area (Å²) in [6.07, 6.45) is 2.21. The zero-order valence-electron chi connectivity index (χ0n) is 11.6. The molecule has 110 valence electrons. The van der Waals surface area contributed by atoms with Crippen LogP contribution in [0.2, 0.25) is 0 Å². The molecule has 1 heterocycles. The van der Waals surface area contributed by atoms with Crippen molar-refractivity contribution in [1.29, 1.82) is 0 Å². The molecule has 2 rings (SSSR count). The van der Waals surface area contributed by atoms with Crippen molar-refractivity contribution in [2.75, 3.05) is 26.3 Å². The van der Waals surface area contributed by atoms with E-state index < -0.39 is 4.92 Å². The van der Waals surface area contributed by atoms with Gasteiger partial charge in [-0.05, 0) is 38.4 Å². The predicted molar refractivity (Wildman–Crippen MR) is 75.4 cm³/mol. The van der Waals surface area contributed by atoms with Gasteiger partial charge in [0, 0.05) is 12.5 Å². The van der Waals surface area contributed by atoms with Gasteiger partial charge >= 0.3 is 5.69 Å². The number of nitro benzene ring substituents is 1. The van der Waals surface area contributed by atoms with Gasteiger partial charge in [-0.25, -0.2) is 0 Å². The second kappa shape index (κ2) is 7.09. The van der Waals surface area contributed by atoms with Crippen molar-refractivity contribution in [3.8, 4) is 11.5 Å². The SMILES string of the molecule is CCOc1cccc(OCC2CCCNC2)c1[N+](=O)[O-]. The van der Waals surface area contributed by atoms with Crippen LogP contribution < -0.4 is 14.8 Å². The first-order valence-electron chi connectivity index (χ1n) is 6.96. The molecule has 1 fully saturated rings. The van der Waals surface area contributed by atoms with Gasteiger partial charge in [0.2, 0.25) is 11.5 Å². The second-order valence-electron chi connectivity index (χ2n) is 4.82. The number of rotatable bonds is 6. The first kappa shape index (κ1) is 14.6. The smallest absolute Gasteiger partial charge is 0.352 e. The molecule has 1 unspecified atom stereocenters. The minimum atomic E-state index is -0.445. The summed E-state index contributed by atoms with van der Waals surface area (Å²) in [5.41, 5.74) is -0.0851. The van der Waals surface area contributed by atoms with Gasteiger partial charge < -0.3 is 14.8 Å². The maximum atomic E-state index is 11.2. The molecule has 0 saturated carbocycles. The Balaban J connectivity index is 2.09. The van der Waals surface area contributed by atoms with Crippen molar-refractivity contribution >= 4 is 5.69 Å². The summed E-state index contributed by atoms with van der Waals surface area (Å²) in [7, 11) is 0. The Kier molecular flexibility index (Phi) is 5.17. The van der Waals surface area contributed by atoms with Crippen LogP contribution in [0.3, 0.4) is 0 Å². The number of para-hydroxylation sites is 1. The molecule has 0 spiro atoms. The number of hydrogen-bond acceptors (Lipinski definition) is 5. The van der Waals surface area contributed by atoms with E-state index in [4.69, 9.17) is 9.47 Å². The fourth-order valence-electron chi connectivity index (χ4n) is 2.34. The first-order valence-corrected chi connectivity index (χ1v) is 6.96. The van der Waals surface area contributed by atoms with Gasteiger partial charge in [-0.1, -0.05) is 6.07 Å². The molecule has 0 aliphatic carbocycles. The number of nitro groups is 1. The van der Waals surface area contributed by atoms with Crippen LogP contribution >= 0.6 is 0 Å². The van der Waals surface area contributed by atoms with Gasteiger partial charge in [-0.2, -0.15) is 0 Å². The van der Waals surface area contributed by atoms with Gasteiger partial charge in [-0.3, -0.25) is 10.1 Å². The second-order valence-corrected chi connectivity index (χ2v) is 4.82. The van der Waals surface area contributed by atoms with Crippen LogP contribution in [0.4, 0.5) is 5.69 Å². The standard InChI is InChI=1S/C14H20N2O4/c1-2-19-12-6-3-7-13(14(12)16(17)18)20-10-11-5-4-8-15-9-11/h3,6-7,11,15H,2,4-5,8-10H2,1H3. The third-order valence-corrected chi connectivity index (χ3v) is 3.32. The van der Waals surface area contributed by atoms with E-state index in [1.54, 1.807) is 25.1 Å². The number of nitrogens with one attached hydrogen (secondary N) is 1. The number of piperidine rings is 1. The maximum Gasteiger partial charge on any atom is 0.352 e. The van der Waals surface area contributed by atoms with E-state index in [0.717, 1.165) is 25.9 Å². The normalized spacial score (nSPS) is 18.6. The maximum absolute atomic E-state index is 11.2. The number of ether oxygens (including phenoxy) is 2. The monoisotopic (exact) mass is 280 g/mol. The summed E-state index contributed by atoms with van der Waals surface area (Å²) in [6, 6.07) is 4.93. The highest BCUT2D eigenvalue weighted by Crippen LogP contribution is 2.36. The quantitative estimate of drug-likeness (QED) is 0.639. The molecule has 1 aliphatic heterocycles. The van der Waals surface area contributed by atoms with Gasteiger partial charge in [0.25, 0.3) is 0 Å². The summed E-state index contributed by atoms with van der Waals surface area (Å²) in [6.45, 7) is 4.61. The average molecular weight is 280 g/mol. The summed E-state index contributed by atoms with van der Waals surface area (Å²) in [4.78, 5) is 10.8. The summed E-state index contributed by atoms with van der Waals surface area (Å²) < 4.78 is 11.0. The fraction of sp³-hybridized carbons (Fsp3) is 0.571. The minimum absolute atomic E-state index is 0.0851. The van der Waals surface area contributed by atoms with Crippen molar-refractivity contribution < 1.29 is 14.4 Å². The molecular formula is C14H20N2O4. The van der Waals surface area contributed by atoms with Gasteiger partial charge in [-0.15, -0.1) is 0 Å². The van der Waals surface area contributed by atoms with Gasteiger partial charge in [0.1, 0.15) is 0 Å². The van der Waals surface area contributed by atoms with Crippen molar-refractivity contribution in [3.05, 3.63) is 28.3 Å². The lowest BCUT2D eigenvalue weighted by molar-refractivity contribution is -0.386.